The van der Waals surface area contributed by atoms with Crippen molar-refractivity contribution >= 4 is 17.1 Å². The van der Waals surface area contributed by atoms with E-state index in [-0.39, 0.29) is 16.5 Å². The van der Waals surface area contributed by atoms with Crippen molar-refractivity contribution in [2.24, 2.45) is 0 Å². The van der Waals surface area contributed by atoms with E-state index in [0.29, 0.717) is 34.8 Å². The normalized spacial score (nSPS) is 23.4. The van der Waals surface area contributed by atoms with E-state index in [9.17, 15) is 15.7 Å². The van der Waals surface area contributed by atoms with Crippen LogP contribution < -0.4 is 5.06 Å². The first-order valence-electron chi connectivity index (χ1n) is 7.91. The number of fused-ring (bicyclic) bond motifs is 1. The third kappa shape index (κ3) is 2.58. The number of benzene rings is 2. The molecule has 7 nitrogen and oxygen atoms in total. The molecule has 1 N–H and O–H groups in total. The van der Waals surface area contributed by atoms with E-state index in [1.165, 1.54) is 0 Å². The highest BCUT2D eigenvalue weighted by molar-refractivity contribution is 6.00. The zero-order chi connectivity index (χ0) is 17.4. The van der Waals surface area contributed by atoms with Gasteiger partial charge in [0.2, 0.25) is 11.7 Å². The van der Waals surface area contributed by atoms with Gasteiger partial charge in [-0.1, -0.05) is 30.3 Å². The summed E-state index contributed by atoms with van der Waals surface area (Å²) in [6, 6.07) is 14.8. The minimum atomic E-state index is -0.888. The lowest BCUT2D eigenvalue weighted by atomic mass is 9.98. The van der Waals surface area contributed by atoms with Crippen molar-refractivity contribution in [3.8, 4) is 6.07 Å². The summed E-state index contributed by atoms with van der Waals surface area (Å²) in [5, 5.41) is 35.0. The molecule has 126 valence electrons. The summed E-state index contributed by atoms with van der Waals surface area (Å²) in [6.45, 7) is 0.959. The van der Waals surface area contributed by atoms with Crippen LogP contribution in [-0.2, 0) is 9.47 Å². The topological polar surface area (TPSA) is 95.8 Å². The van der Waals surface area contributed by atoms with Crippen LogP contribution in [-0.4, -0.2) is 23.7 Å². The van der Waals surface area contributed by atoms with Crippen LogP contribution in [0.25, 0.3) is 0 Å². The van der Waals surface area contributed by atoms with Gasteiger partial charge in [0.25, 0.3) is 5.69 Å². The van der Waals surface area contributed by atoms with Crippen molar-refractivity contribution in [1.29, 1.82) is 5.26 Å². The Balaban J connectivity index is 1.83. The maximum absolute atomic E-state index is 13.0. The summed E-state index contributed by atoms with van der Waals surface area (Å²) in [5.41, 5.74) is 1.60. The number of nitriles is 1. The maximum atomic E-state index is 13.0. The highest BCUT2D eigenvalue weighted by Crippen LogP contribution is 2.33. The second-order valence-electron chi connectivity index (χ2n) is 5.85. The third-order valence-corrected chi connectivity index (χ3v) is 4.40. The molecular weight excluding hydrogens is 322 g/mol. The summed E-state index contributed by atoms with van der Waals surface area (Å²) in [5.74, 6) is 0. The zero-order valence-corrected chi connectivity index (χ0v) is 13.2. The highest BCUT2D eigenvalue weighted by Gasteiger charge is 2.41. The maximum Gasteiger partial charge on any atom is 0.335 e. The van der Waals surface area contributed by atoms with Gasteiger partial charge < -0.3 is 25.0 Å². The van der Waals surface area contributed by atoms with Crippen molar-refractivity contribution < 1.29 is 19.3 Å². The van der Waals surface area contributed by atoms with Crippen molar-refractivity contribution in [3.05, 3.63) is 70.1 Å². The lowest BCUT2D eigenvalue weighted by Gasteiger charge is -2.33. The van der Waals surface area contributed by atoms with Gasteiger partial charge >= 0.3 is 5.71 Å². The number of hydrogen-bond acceptors (Lipinski definition) is 5. The number of hydrogen-bond donors (Lipinski definition) is 1. The molecule has 0 bridgehead atoms. The third-order valence-electron chi connectivity index (χ3n) is 4.40. The molecule has 0 aromatic heterocycles. The smallest absolute Gasteiger partial charge is 0.335 e. The summed E-state index contributed by atoms with van der Waals surface area (Å²) in [7, 11) is 0. The Morgan fingerprint density at radius 2 is 1.80 bits per heavy atom. The molecule has 0 saturated carbocycles. The fourth-order valence-corrected chi connectivity index (χ4v) is 3.21. The van der Waals surface area contributed by atoms with Gasteiger partial charge in [0.05, 0.1) is 13.2 Å². The SMILES string of the molecule is N#CC1=[N+]([O-])c2cc(C3OCCO3)ccc2[NH+]([O-])C1c1ccccc1. The Bertz CT molecular complexity index is 870. The molecule has 0 amide bonds. The number of nitrogens with one attached hydrogen (secondary N) is 1. The zero-order valence-electron chi connectivity index (χ0n) is 13.2. The lowest BCUT2D eigenvalue weighted by molar-refractivity contribution is -0.808. The van der Waals surface area contributed by atoms with Crippen molar-refractivity contribution in [2.75, 3.05) is 13.2 Å². The fourth-order valence-electron chi connectivity index (χ4n) is 3.21. The molecule has 25 heavy (non-hydrogen) atoms. The molecule has 2 aromatic carbocycles. The van der Waals surface area contributed by atoms with Crippen LogP contribution in [0.4, 0.5) is 11.4 Å². The highest BCUT2D eigenvalue weighted by atomic mass is 16.7. The molecule has 2 aliphatic heterocycles. The predicted molar refractivity (Wildman–Crippen MR) is 88.2 cm³/mol. The monoisotopic (exact) mass is 337 g/mol. The molecule has 1 saturated heterocycles. The Hall–Kier alpha value is -2.76. The van der Waals surface area contributed by atoms with E-state index < -0.39 is 12.3 Å². The first-order valence-corrected chi connectivity index (χ1v) is 7.91. The van der Waals surface area contributed by atoms with Crippen LogP contribution in [0.1, 0.15) is 23.5 Å². The Morgan fingerprint density at radius 1 is 1.08 bits per heavy atom. The molecule has 2 aliphatic rings. The van der Waals surface area contributed by atoms with Gasteiger partial charge in [-0.3, -0.25) is 0 Å². The molecule has 2 unspecified atom stereocenters. The fraction of sp³-hybridized carbons (Fsp3) is 0.222. The molecule has 7 heteroatoms. The van der Waals surface area contributed by atoms with Crippen molar-refractivity contribution in [2.45, 2.75) is 12.3 Å². The molecule has 2 aromatic rings. The molecule has 2 atom stereocenters. The average Bonchev–Trinajstić information content (AvgIpc) is 3.19. The standard InChI is InChI=1S/C18H15N3O4/c19-11-16-17(12-4-2-1-3-5-12)21(23)14-7-6-13(10-15(14)20(16)22)18-24-8-9-25-18/h1-7,10,17-18,21H,8-9H2. The molecule has 4 rings (SSSR count). The van der Waals surface area contributed by atoms with Gasteiger partial charge in [0, 0.05) is 23.3 Å². The van der Waals surface area contributed by atoms with E-state index in [0.717, 1.165) is 0 Å². The van der Waals surface area contributed by atoms with Crippen LogP contribution in [0.3, 0.4) is 0 Å². The minimum absolute atomic E-state index is 0.130. The molecular formula is C18H15N3O4. The van der Waals surface area contributed by atoms with Gasteiger partial charge in [-0.25, -0.2) is 0 Å². The first kappa shape index (κ1) is 15.7. The second kappa shape index (κ2) is 6.27. The number of rotatable bonds is 2. The molecule has 0 spiro atoms. The average molecular weight is 337 g/mol. The van der Waals surface area contributed by atoms with Gasteiger partial charge in [-0.2, -0.15) is 5.26 Å². The van der Waals surface area contributed by atoms with Crippen LogP contribution in [0.5, 0.6) is 0 Å². The molecule has 1 fully saturated rings. The van der Waals surface area contributed by atoms with Gasteiger partial charge in [-0.05, 0) is 6.07 Å². The van der Waals surface area contributed by atoms with Crippen LogP contribution in [0.15, 0.2) is 48.5 Å². The Labute approximate surface area is 144 Å². The quantitative estimate of drug-likeness (QED) is 0.663. The molecule has 0 radical (unpaired) electrons. The summed E-state index contributed by atoms with van der Waals surface area (Å²) in [4.78, 5) is 0. The van der Waals surface area contributed by atoms with E-state index in [1.807, 2.05) is 12.1 Å². The van der Waals surface area contributed by atoms with Gasteiger partial charge in [0.15, 0.2) is 12.4 Å². The second-order valence-corrected chi connectivity index (χ2v) is 5.85. The van der Waals surface area contributed by atoms with E-state index in [4.69, 9.17) is 9.47 Å². The number of hydroxylamine groups is 1. The van der Waals surface area contributed by atoms with Gasteiger partial charge in [-0.15, -0.1) is 4.74 Å². The van der Waals surface area contributed by atoms with E-state index >= 15 is 0 Å². The largest absolute Gasteiger partial charge is 0.628 e. The van der Waals surface area contributed by atoms with Gasteiger partial charge in [0.1, 0.15) is 0 Å². The van der Waals surface area contributed by atoms with E-state index in [2.05, 4.69) is 0 Å². The molecule has 2 heterocycles. The Morgan fingerprint density at radius 3 is 2.48 bits per heavy atom. The van der Waals surface area contributed by atoms with Crippen LogP contribution >= 0.6 is 0 Å². The first-order chi connectivity index (χ1) is 12.2. The Kier molecular flexibility index (Phi) is 3.95. The van der Waals surface area contributed by atoms with Crippen LogP contribution in [0.2, 0.25) is 0 Å². The summed E-state index contributed by atoms with van der Waals surface area (Å²) >= 11 is 0. The predicted octanol–water partition coefficient (Wildman–Crippen LogP) is 1.61. The number of quaternary nitrogens is 1. The van der Waals surface area contributed by atoms with Crippen molar-refractivity contribution in [3.63, 3.8) is 0 Å². The minimum Gasteiger partial charge on any atom is -0.628 e. The number of nitrogens with zero attached hydrogens (tertiary/aromatic N) is 2. The lowest BCUT2D eigenvalue weighted by Crippen LogP contribution is -3.04. The summed E-state index contributed by atoms with van der Waals surface area (Å²) in [6.07, 6.45) is -0.550. The number of ether oxygens (including phenoxy) is 2. The van der Waals surface area contributed by atoms with E-state index in [1.54, 1.807) is 42.5 Å². The van der Waals surface area contributed by atoms with Crippen molar-refractivity contribution in [1.82, 2.24) is 0 Å². The molecule has 0 aliphatic carbocycles. The van der Waals surface area contributed by atoms with Crippen LogP contribution in [0, 0.1) is 21.7 Å². The summed E-state index contributed by atoms with van der Waals surface area (Å²) < 4.78 is 11.4.